The number of ketones is 1. The smallest absolute Gasteiger partial charge is 0.164 e. The summed E-state index contributed by atoms with van der Waals surface area (Å²) in [7, 11) is 2.94. The van der Waals surface area contributed by atoms with Crippen LogP contribution in [0.2, 0.25) is 0 Å². The van der Waals surface area contributed by atoms with Gasteiger partial charge in [-0.1, -0.05) is 6.92 Å². The number of aliphatic hydroxyl groups is 2. The van der Waals surface area contributed by atoms with Crippen LogP contribution in [0, 0.1) is 10.8 Å². The van der Waals surface area contributed by atoms with Crippen molar-refractivity contribution >= 4 is 5.78 Å². The van der Waals surface area contributed by atoms with Crippen molar-refractivity contribution in [2.24, 2.45) is 10.8 Å². The lowest BCUT2D eigenvalue weighted by molar-refractivity contribution is -0.274. The van der Waals surface area contributed by atoms with Gasteiger partial charge in [0.25, 0.3) is 0 Å². The molecular weight excluding hydrogens is 372 g/mol. The van der Waals surface area contributed by atoms with E-state index in [0.717, 1.165) is 0 Å². The van der Waals surface area contributed by atoms with Crippen LogP contribution >= 0.6 is 0 Å². The average Bonchev–Trinajstić information content (AvgIpc) is 3.00. The monoisotopic (exact) mass is 402 g/mol. The molecule has 0 aromatic rings. The van der Waals surface area contributed by atoms with E-state index in [-0.39, 0.29) is 25.8 Å². The van der Waals surface area contributed by atoms with Gasteiger partial charge in [0, 0.05) is 26.1 Å². The Bertz CT molecular complexity index is 682. The Labute approximate surface area is 164 Å². The lowest BCUT2D eigenvalue weighted by Crippen LogP contribution is -2.69. The summed E-state index contributed by atoms with van der Waals surface area (Å²) in [5.41, 5.74) is -5.35. The quantitative estimate of drug-likeness (QED) is 0.591. The molecule has 8 atom stereocenters. The van der Waals surface area contributed by atoms with E-state index in [4.69, 9.17) is 28.4 Å². The molecular formula is C19H30O9. The maximum Gasteiger partial charge on any atom is 0.164 e. The zero-order valence-corrected chi connectivity index (χ0v) is 17.2. The van der Waals surface area contributed by atoms with Crippen molar-refractivity contribution in [1.29, 1.82) is 0 Å². The molecule has 1 aliphatic heterocycles. The van der Waals surface area contributed by atoms with Crippen LogP contribution in [0.3, 0.4) is 0 Å². The number of carbonyl (C=O) groups is 1. The summed E-state index contributed by atoms with van der Waals surface area (Å²) in [6, 6.07) is 0. The molecule has 4 bridgehead atoms. The van der Waals surface area contributed by atoms with Crippen LogP contribution in [0.4, 0.5) is 0 Å². The third-order valence-electron chi connectivity index (χ3n) is 7.43. The average molecular weight is 402 g/mol. The van der Waals surface area contributed by atoms with E-state index < -0.39 is 52.2 Å². The molecule has 9 heteroatoms. The molecule has 4 fully saturated rings. The number of hydrogen-bond acceptors (Lipinski definition) is 9. The van der Waals surface area contributed by atoms with Gasteiger partial charge in [0.05, 0.1) is 11.5 Å². The Morgan fingerprint density at radius 3 is 2.00 bits per heavy atom. The Morgan fingerprint density at radius 1 is 0.929 bits per heavy atom. The number of methoxy groups -OCH3 is 2. The Kier molecular flexibility index (Phi) is 4.38. The molecule has 28 heavy (non-hydrogen) atoms. The largest absolute Gasteiger partial charge is 0.387 e. The lowest BCUT2D eigenvalue weighted by atomic mass is 9.57. The van der Waals surface area contributed by atoms with Gasteiger partial charge in [-0.3, -0.25) is 4.79 Å². The van der Waals surface area contributed by atoms with Crippen LogP contribution in [0.1, 0.15) is 34.1 Å². The molecule has 0 aromatic carbocycles. The van der Waals surface area contributed by atoms with Gasteiger partial charge in [-0.2, -0.15) is 0 Å². The number of rotatable bonds is 6. The summed E-state index contributed by atoms with van der Waals surface area (Å²) >= 11 is 0. The molecule has 160 valence electrons. The number of carbonyl (C=O) groups excluding carboxylic acids is 1. The molecule has 1 heterocycles. The van der Waals surface area contributed by atoms with Crippen LogP contribution in [0.25, 0.3) is 0 Å². The van der Waals surface area contributed by atoms with Crippen LogP contribution in [0.15, 0.2) is 0 Å². The Hall–Kier alpha value is -0.650. The molecule has 4 aliphatic rings. The van der Waals surface area contributed by atoms with Crippen molar-refractivity contribution in [2.75, 3.05) is 27.8 Å². The molecule has 4 rings (SSSR count). The van der Waals surface area contributed by atoms with E-state index >= 15 is 0 Å². The topological polar surface area (TPSA) is 113 Å². The van der Waals surface area contributed by atoms with E-state index in [1.54, 1.807) is 27.7 Å². The lowest BCUT2D eigenvalue weighted by Gasteiger charge is -2.50. The minimum Gasteiger partial charge on any atom is -0.387 e. The van der Waals surface area contributed by atoms with E-state index in [1.807, 2.05) is 0 Å². The first kappa shape index (κ1) is 20.6. The Morgan fingerprint density at radius 2 is 1.43 bits per heavy atom. The molecule has 0 unspecified atom stereocenters. The molecule has 0 amide bonds. The highest BCUT2D eigenvalue weighted by atomic mass is 16.8. The second kappa shape index (κ2) is 5.95. The summed E-state index contributed by atoms with van der Waals surface area (Å²) in [4.78, 5) is 13.5. The van der Waals surface area contributed by atoms with Crippen molar-refractivity contribution in [3.8, 4) is 0 Å². The molecule has 0 aromatic heterocycles. The van der Waals surface area contributed by atoms with Gasteiger partial charge in [-0.15, -0.1) is 0 Å². The van der Waals surface area contributed by atoms with Crippen molar-refractivity contribution in [1.82, 2.24) is 0 Å². The zero-order valence-electron chi connectivity index (χ0n) is 17.2. The van der Waals surface area contributed by atoms with Crippen LogP contribution < -0.4 is 0 Å². The van der Waals surface area contributed by atoms with Crippen LogP contribution in [0.5, 0.6) is 0 Å². The van der Waals surface area contributed by atoms with Gasteiger partial charge in [-0.25, -0.2) is 0 Å². The molecule has 3 aliphatic carbocycles. The fraction of sp³-hybridized carbons (Fsp3) is 0.947. The number of aliphatic hydroxyl groups excluding tert-OH is 2. The second-order valence-electron chi connectivity index (χ2n) is 9.17. The summed E-state index contributed by atoms with van der Waals surface area (Å²) in [5, 5.41) is 23.1. The number of ether oxygens (including phenoxy) is 6. The molecule has 3 saturated carbocycles. The van der Waals surface area contributed by atoms with E-state index in [2.05, 4.69) is 0 Å². The van der Waals surface area contributed by atoms with Crippen LogP contribution in [-0.4, -0.2) is 85.2 Å². The van der Waals surface area contributed by atoms with Gasteiger partial charge in [-0.05, 0) is 20.8 Å². The maximum atomic E-state index is 13.5. The predicted octanol–water partition coefficient (Wildman–Crippen LogP) is -0.0405. The molecule has 0 spiro atoms. The zero-order chi connectivity index (χ0) is 20.8. The maximum absolute atomic E-state index is 13.5. The van der Waals surface area contributed by atoms with Crippen LogP contribution in [-0.2, 0) is 33.2 Å². The molecule has 9 nitrogen and oxygen atoms in total. The molecule has 2 N–H and O–H groups in total. The van der Waals surface area contributed by atoms with Crippen molar-refractivity contribution < 1.29 is 43.4 Å². The van der Waals surface area contributed by atoms with E-state index in [0.29, 0.717) is 0 Å². The highest BCUT2D eigenvalue weighted by Crippen LogP contribution is 2.78. The summed E-state index contributed by atoms with van der Waals surface area (Å²) < 4.78 is 34.4. The molecule has 0 radical (unpaired) electrons. The summed E-state index contributed by atoms with van der Waals surface area (Å²) in [5.74, 6) is -1.29. The summed E-state index contributed by atoms with van der Waals surface area (Å²) in [6.07, 6.45) is -4.23. The standard InChI is InChI=1S/C19H30O9/c1-15(2)27-18-12(22)14(26-9-24-6)17(4)10(20)7-16(18,3)13(25-8-23-5)11(21)19(17,18)28-15/h11-14,21-22H,7-9H2,1-6H3/t11-,12-,13-,14+,16-,17-,18+,19+/m0/s1. The minimum atomic E-state index is -1.54. The highest BCUT2D eigenvalue weighted by Gasteiger charge is 2.97. The van der Waals surface area contributed by atoms with Gasteiger partial charge < -0.3 is 38.6 Å². The highest BCUT2D eigenvalue weighted by molar-refractivity contribution is 5.92. The first-order valence-electron chi connectivity index (χ1n) is 9.51. The van der Waals surface area contributed by atoms with Gasteiger partial charge in [0.15, 0.2) is 5.79 Å². The number of hydrogen-bond donors (Lipinski definition) is 2. The predicted molar refractivity (Wildman–Crippen MR) is 93.1 cm³/mol. The summed E-state index contributed by atoms with van der Waals surface area (Å²) in [6.45, 7) is 6.71. The van der Waals surface area contributed by atoms with Crippen molar-refractivity contribution in [2.45, 2.75) is 75.5 Å². The molecule has 1 saturated heterocycles. The van der Waals surface area contributed by atoms with Crippen molar-refractivity contribution in [3.05, 3.63) is 0 Å². The fourth-order valence-electron chi connectivity index (χ4n) is 6.63. The normalized spacial score (nSPS) is 53.6. The Balaban J connectivity index is 1.95. The van der Waals surface area contributed by atoms with Crippen molar-refractivity contribution in [3.63, 3.8) is 0 Å². The third kappa shape index (κ3) is 1.88. The second-order valence-corrected chi connectivity index (χ2v) is 9.17. The van der Waals surface area contributed by atoms with E-state index in [9.17, 15) is 15.0 Å². The van der Waals surface area contributed by atoms with Gasteiger partial charge >= 0.3 is 0 Å². The van der Waals surface area contributed by atoms with E-state index in [1.165, 1.54) is 14.2 Å². The minimum absolute atomic E-state index is 0.0417. The first-order valence-corrected chi connectivity index (χ1v) is 9.51. The first-order chi connectivity index (χ1) is 13.0. The number of Topliss-reactive ketones (excluding diaryl/α,β-unsaturated/α-hetero) is 1. The SMILES string of the molecule is COCO[C@@H]1[C@H](O)[C@]23OC(C)(C)O[C@@]24[C@@H](O)[C@H](OCOC)[C@]3(C)CC(=O)[C@@]14C. The fourth-order valence-corrected chi connectivity index (χ4v) is 6.63. The third-order valence-corrected chi connectivity index (χ3v) is 7.43. The van der Waals surface area contributed by atoms with Gasteiger partial charge in [0.2, 0.25) is 0 Å². The van der Waals surface area contributed by atoms with Gasteiger partial charge in [0.1, 0.15) is 48.9 Å².